The minimum absolute atomic E-state index is 0.376. The van der Waals surface area contributed by atoms with Crippen molar-refractivity contribution in [2.24, 2.45) is 16.5 Å². The minimum atomic E-state index is -5.77. The molecule has 0 radical (unpaired) electrons. The molecular formula is C12H17F6N3O4S. The van der Waals surface area contributed by atoms with Crippen molar-refractivity contribution in [3.05, 3.63) is 0 Å². The summed E-state index contributed by atoms with van der Waals surface area (Å²) < 4.78 is 67.0. The van der Waals surface area contributed by atoms with Gasteiger partial charge in [0.1, 0.15) is 5.54 Å². The van der Waals surface area contributed by atoms with Crippen LogP contribution in [0.25, 0.3) is 0 Å². The Labute approximate surface area is 148 Å². The number of carbonyl (C=O) groups is 3. The number of hydrogen-bond acceptors (Lipinski definition) is 6. The highest BCUT2D eigenvalue weighted by Gasteiger charge is 2.54. The van der Waals surface area contributed by atoms with Gasteiger partial charge in [0.15, 0.2) is 0 Å². The lowest BCUT2D eigenvalue weighted by Crippen LogP contribution is -2.47. The van der Waals surface area contributed by atoms with Crippen molar-refractivity contribution in [1.82, 2.24) is 0 Å². The van der Waals surface area contributed by atoms with Gasteiger partial charge >= 0.3 is 29.9 Å². The molecule has 7 nitrogen and oxygen atoms in total. The predicted octanol–water partition coefficient (Wildman–Crippen LogP) is 1.15. The highest BCUT2D eigenvalue weighted by molar-refractivity contribution is 7.99. The zero-order valence-electron chi connectivity index (χ0n) is 13.6. The molecule has 1 unspecified atom stereocenters. The maximum Gasteiger partial charge on any atom is 0.458 e. The van der Waals surface area contributed by atoms with Gasteiger partial charge in [0, 0.05) is 18.1 Å². The summed E-state index contributed by atoms with van der Waals surface area (Å²) >= 11 is 1.46. The maximum atomic E-state index is 11.2. The predicted molar refractivity (Wildman–Crippen MR) is 81.8 cm³/mol. The number of nitrogens with two attached hydrogens (primary N) is 2. The van der Waals surface area contributed by atoms with Crippen molar-refractivity contribution < 1.29 is 45.8 Å². The maximum absolute atomic E-state index is 11.2. The molecule has 0 aromatic rings. The van der Waals surface area contributed by atoms with Crippen LogP contribution < -0.4 is 11.5 Å². The van der Waals surface area contributed by atoms with Gasteiger partial charge in [-0.3, -0.25) is 19.4 Å². The number of carboxylic acid groups (broad SMARTS) is 1. The SMILES string of the molecule is CC(N)=NCCSCC(C)(N)C(=O)O.O=C(C(=O)C(F)(F)F)C(F)(F)F. The van der Waals surface area contributed by atoms with Crippen molar-refractivity contribution in [3.8, 4) is 0 Å². The van der Waals surface area contributed by atoms with E-state index in [1.807, 2.05) is 0 Å². The molecular weight excluding hydrogens is 396 g/mol. The van der Waals surface area contributed by atoms with E-state index in [1.165, 1.54) is 18.7 Å². The Balaban J connectivity index is 0. The number of aliphatic carboxylic acids is 1. The minimum Gasteiger partial charge on any atom is -0.480 e. The summed E-state index contributed by atoms with van der Waals surface area (Å²) in [5.74, 6) is -6.15. The molecule has 14 heteroatoms. The second-order valence-electron chi connectivity index (χ2n) is 4.95. The normalized spacial score (nSPS) is 14.7. The molecule has 0 saturated heterocycles. The summed E-state index contributed by atoms with van der Waals surface area (Å²) in [7, 11) is 0. The van der Waals surface area contributed by atoms with E-state index in [0.717, 1.165) is 5.75 Å². The molecule has 0 aromatic carbocycles. The quantitative estimate of drug-likeness (QED) is 0.187. The van der Waals surface area contributed by atoms with E-state index in [0.29, 0.717) is 18.1 Å². The van der Waals surface area contributed by atoms with Crippen LogP contribution in [0, 0.1) is 0 Å². The largest absolute Gasteiger partial charge is 0.480 e. The van der Waals surface area contributed by atoms with Gasteiger partial charge in [-0.1, -0.05) is 0 Å². The number of rotatable bonds is 7. The summed E-state index contributed by atoms with van der Waals surface area (Å²) in [5, 5.41) is 8.70. The molecule has 0 spiro atoms. The van der Waals surface area contributed by atoms with Crippen molar-refractivity contribution in [3.63, 3.8) is 0 Å². The van der Waals surface area contributed by atoms with E-state index in [1.54, 1.807) is 6.92 Å². The standard InChI is InChI=1S/C8H17N3O2S.C4F6O2/c1-6(9)11-3-4-14-5-8(2,10)7(12)13;5-3(6,7)1(11)2(12)4(8,9)10/h3-5,10H2,1-2H3,(H2,9,11)(H,12,13);. The third-order valence-electron chi connectivity index (χ3n) is 2.21. The van der Waals surface area contributed by atoms with Crippen LogP contribution in [0.3, 0.4) is 0 Å². The first kappa shape index (κ1) is 26.4. The van der Waals surface area contributed by atoms with Crippen LogP contribution in [0.15, 0.2) is 4.99 Å². The summed E-state index contributed by atoms with van der Waals surface area (Å²) in [6.45, 7) is 3.82. The second kappa shape index (κ2) is 10.4. The fourth-order valence-electron chi connectivity index (χ4n) is 0.890. The van der Waals surface area contributed by atoms with Gasteiger partial charge in [-0.25, -0.2) is 0 Å². The van der Waals surface area contributed by atoms with E-state index in [9.17, 15) is 40.7 Å². The first-order valence-corrected chi connectivity index (χ1v) is 7.67. The average molecular weight is 413 g/mol. The van der Waals surface area contributed by atoms with E-state index < -0.39 is 35.4 Å². The molecule has 1 atom stereocenters. The third-order valence-corrected chi connectivity index (χ3v) is 3.48. The number of alkyl halides is 6. The molecule has 152 valence electrons. The number of carboxylic acids is 1. The van der Waals surface area contributed by atoms with Crippen LogP contribution in [0.4, 0.5) is 26.3 Å². The molecule has 5 N–H and O–H groups in total. The lowest BCUT2D eigenvalue weighted by molar-refractivity contribution is -0.193. The first-order valence-electron chi connectivity index (χ1n) is 6.52. The number of hydrogen-bond donors (Lipinski definition) is 3. The number of thioether (sulfide) groups is 1. The molecule has 0 fully saturated rings. The van der Waals surface area contributed by atoms with Crippen LogP contribution in [-0.2, 0) is 14.4 Å². The smallest absolute Gasteiger partial charge is 0.458 e. The fourth-order valence-corrected chi connectivity index (χ4v) is 1.80. The van der Waals surface area contributed by atoms with Crippen LogP contribution in [0.5, 0.6) is 0 Å². The Morgan fingerprint density at radius 3 is 1.69 bits per heavy atom. The fraction of sp³-hybridized carbons (Fsp3) is 0.667. The van der Waals surface area contributed by atoms with Crippen molar-refractivity contribution in [2.75, 3.05) is 18.1 Å². The van der Waals surface area contributed by atoms with Gasteiger partial charge in [0.25, 0.3) is 0 Å². The van der Waals surface area contributed by atoms with Crippen molar-refractivity contribution in [1.29, 1.82) is 0 Å². The van der Waals surface area contributed by atoms with E-state index >= 15 is 0 Å². The van der Waals surface area contributed by atoms with Gasteiger partial charge in [-0.2, -0.15) is 38.1 Å². The Bertz CT molecular complexity index is 518. The lowest BCUT2D eigenvalue weighted by Gasteiger charge is -2.17. The van der Waals surface area contributed by atoms with Crippen LogP contribution in [0.1, 0.15) is 13.8 Å². The number of halogens is 6. The molecule has 0 aliphatic rings. The summed E-state index contributed by atoms with van der Waals surface area (Å²) in [6.07, 6.45) is -11.5. The monoisotopic (exact) mass is 413 g/mol. The summed E-state index contributed by atoms with van der Waals surface area (Å²) in [4.78, 5) is 33.8. The number of carbonyl (C=O) groups excluding carboxylic acids is 2. The molecule has 0 heterocycles. The van der Waals surface area contributed by atoms with Gasteiger partial charge in [-0.05, 0) is 13.8 Å². The Kier molecular flexibility index (Phi) is 10.5. The molecule has 26 heavy (non-hydrogen) atoms. The van der Waals surface area contributed by atoms with Gasteiger partial charge in [-0.15, -0.1) is 0 Å². The molecule has 0 aliphatic heterocycles. The van der Waals surface area contributed by atoms with Gasteiger partial charge < -0.3 is 16.6 Å². The Morgan fingerprint density at radius 1 is 1.04 bits per heavy atom. The van der Waals surface area contributed by atoms with Gasteiger partial charge in [0.2, 0.25) is 0 Å². The van der Waals surface area contributed by atoms with Crippen molar-refractivity contribution >= 4 is 35.1 Å². The molecule has 0 bridgehead atoms. The third kappa shape index (κ3) is 11.7. The summed E-state index contributed by atoms with van der Waals surface area (Å²) in [5.41, 5.74) is 9.69. The number of ketones is 2. The van der Waals surface area contributed by atoms with Crippen LogP contribution in [0.2, 0.25) is 0 Å². The van der Waals surface area contributed by atoms with Crippen LogP contribution in [-0.4, -0.2) is 64.4 Å². The lowest BCUT2D eigenvalue weighted by atomic mass is 10.1. The highest BCUT2D eigenvalue weighted by atomic mass is 32.2. The zero-order chi connectivity index (χ0) is 21.3. The van der Waals surface area contributed by atoms with E-state index in [2.05, 4.69) is 4.99 Å². The highest BCUT2D eigenvalue weighted by Crippen LogP contribution is 2.24. The van der Waals surface area contributed by atoms with Crippen molar-refractivity contribution in [2.45, 2.75) is 31.7 Å². The van der Waals surface area contributed by atoms with E-state index in [4.69, 9.17) is 16.6 Å². The summed E-state index contributed by atoms with van der Waals surface area (Å²) in [6, 6.07) is 0. The molecule has 0 saturated carbocycles. The topological polar surface area (TPSA) is 136 Å². The second-order valence-corrected chi connectivity index (χ2v) is 6.06. The number of Topliss-reactive ketones (excluding diaryl/α,β-unsaturated/α-hetero) is 2. The number of aliphatic imine (C=N–C) groups is 1. The number of amidine groups is 1. The van der Waals surface area contributed by atoms with Crippen LogP contribution >= 0.6 is 11.8 Å². The first-order chi connectivity index (χ1) is 11.4. The van der Waals surface area contributed by atoms with E-state index in [-0.39, 0.29) is 0 Å². The molecule has 0 rings (SSSR count). The molecule has 0 aromatic heterocycles. The number of nitrogens with zero attached hydrogens (tertiary/aromatic N) is 1. The molecule has 0 aliphatic carbocycles. The zero-order valence-corrected chi connectivity index (χ0v) is 14.4. The van der Waals surface area contributed by atoms with Gasteiger partial charge in [0.05, 0.1) is 5.84 Å². The Hall–Kier alpha value is -1.83. The average Bonchev–Trinajstić information content (AvgIpc) is 2.43. The molecule has 0 amide bonds. The Morgan fingerprint density at radius 2 is 1.42 bits per heavy atom.